The number of rotatable bonds is 13. The van der Waals surface area contributed by atoms with Gasteiger partial charge in [-0.3, -0.25) is 8.42 Å². The topological polar surface area (TPSA) is 80.3 Å². The molecule has 23 heavy (non-hydrogen) atoms. The summed E-state index contributed by atoms with van der Waals surface area (Å²) >= 11 is 0. The van der Waals surface area contributed by atoms with E-state index in [-0.39, 0.29) is 59.1 Å². The van der Waals surface area contributed by atoms with Crippen LogP contribution in [0, 0.1) is 0 Å². The molecule has 0 bridgehead atoms. The Kier molecular flexibility index (Phi) is 36.9. The van der Waals surface area contributed by atoms with Crippen molar-refractivity contribution in [2.24, 2.45) is 0 Å². The average Bonchev–Trinajstić information content (AvgIpc) is 2.38. The van der Waals surface area contributed by atoms with E-state index in [1.165, 1.54) is 89.9 Å². The van der Waals surface area contributed by atoms with Gasteiger partial charge in [-0.25, -0.2) is 0 Å². The Hall–Kier alpha value is 1.87. The van der Waals surface area contributed by atoms with Crippen LogP contribution in [0.2, 0.25) is 0 Å². The van der Waals surface area contributed by atoms with Crippen LogP contribution in [0.25, 0.3) is 0 Å². The minimum absolute atomic E-state index is 0. The molecule has 0 fully saturated rings. The zero-order valence-electron chi connectivity index (χ0n) is 15.9. The first kappa shape index (κ1) is 32.5. The maximum Gasteiger partial charge on any atom is 1.00 e. The van der Waals surface area contributed by atoms with Crippen molar-refractivity contribution < 1.29 is 76.6 Å². The molecule has 0 amide bonds. The van der Waals surface area contributed by atoms with Crippen molar-refractivity contribution in [1.82, 2.24) is 0 Å². The van der Waals surface area contributed by atoms with E-state index < -0.39 is 10.4 Å². The Morgan fingerprint density at radius 1 is 0.522 bits per heavy atom. The standard InChI is InChI=1S/C16H34.2Na.H2O4S/c1-3-5-7-9-11-13-15-16-14-12-10-8-6-4-2;;;1-5(2,3)4/h3-16H2,1-2H3;;;(H2,1,2,3,4)/q;2*+1;/p-2. The molecule has 0 aliphatic rings. The van der Waals surface area contributed by atoms with E-state index in [2.05, 4.69) is 13.8 Å². The summed E-state index contributed by atoms with van der Waals surface area (Å²) in [6.07, 6.45) is 20.4. The van der Waals surface area contributed by atoms with Gasteiger partial charge in [-0.2, -0.15) is 0 Å². The molecule has 0 aliphatic heterocycles. The van der Waals surface area contributed by atoms with Gasteiger partial charge >= 0.3 is 59.1 Å². The Bertz CT molecular complexity index is 264. The van der Waals surface area contributed by atoms with Crippen molar-refractivity contribution in [2.75, 3.05) is 0 Å². The van der Waals surface area contributed by atoms with Crippen LogP contribution in [0.3, 0.4) is 0 Å². The molecular formula is C16H34Na2O4S. The predicted octanol–water partition coefficient (Wildman–Crippen LogP) is -0.842. The van der Waals surface area contributed by atoms with Gasteiger partial charge in [0.2, 0.25) is 0 Å². The largest absolute Gasteiger partial charge is 1.00 e. The van der Waals surface area contributed by atoms with Crippen molar-refractivity contribution >= 4 is 10.4 Å². The molecule has 0 spiro atoms. The van der Waals surface area contributed by atoms with Gasteiger partial charge in [0.15, 0.2) is 0 Å². The Morgan fingerprint density at radius 3 is 0.783 bits per heavy atom. The van der Waals surface area contributed by atoms with Gasteiger partial charge in [-0.1, -0.05) is 104 Å². The van der Waals surface area contributed by atoms with E-state index in [0.717, 1.165) is 0 Å². The molecule has 7 heteroatoms. The van der Waals surface area contributed by atoms with Gasteiger partial charge in [0, 0.05) is 10.4 Å². The second kappa shape index (κ2) is 26.1. The summed E-state index contributed by atoms with van der Waals surface area (Å²) in [5.74, 6) is 0. The van der Waals surface area contributed by atoms with E-state index in [9.17, 15) is 0 Å². The smallest absolute Gasteiger partial charge is 0.759 e. The van der Waals surface area contributed by atoms with Gasteiger partial charge in [-0.05, 0) is 0 Å². The summed E-state index contributed by atoms with van der Waals surface area (Å²) in [7, 11) is -5.17. The van der Waals surface area contributed by atoms with E-state index >= 15 is 0 Å². The van der Waals surface area contributed by atoms with Gasteiger partial charge in [-0.15, -0.1) is 0 Å². The van der Waals surface area contributed by atoms with Crippen LogP contribution < -0.4 is 59.1 Å². The number of hydrogen-bond donors (Lipinski definition) is 0. The molecule has 0 unspecified atom stereocenters. The first-order valence-electron chi connectivity index (χ1n) is 8.58. The predicted molar refractivity (Wildman–Crippen MR) is 86.5 cm³/mol. The molecule has 0 saturated carbocycles. The van der Waals surface area contributed by atoms with Crippen molar-refractivity contribution in [3.63, 3.8) is 0 Å². The van der Waals surface area contributed by atoms with Crippen LogP contribution in [0.4, 0.5) is 0 Å². The van der Waals surface area contributed by atoms with Gasteiger partial charge in [0.1, 0.15) is 0 Å². The molecule has 0 aromatic heterocycles. The van der Waals surface area contributed by atoms with Gasteiger partial charge < -0.3 is 9.11 Å². The van der Waals surface area contributed by atoms with E-state index in [1.54, 1.807) is 0 Å². The van der Waals surface area contributed by atoms with Crippen molar-refractivity contribution in [3.05, 3.63) is 0 Å². The van der Waals surface area contributed by atoms with Crippen LogP contribution in [-0.4, -0.2) is 17.5 Å². The monoisotopic (exact) mass is 368 g/mol. The molecule has 0 aromatic carbocycles. The Morgan fingerprint density at radius 2 is 0.652 bits per heavy atom. The van der Waals surface area contributed by atoms with Crippen LogP contribution in [0.15, 0.2) is 0 Å². The zero-order chi connectivity index (χ0) is 16.4. The maximum atomic E-state index is 8.52. The summed E-state index contributed by atoms with van der Waals surface area (Å²) in [5.41, 5.74) is 0. The minimum Gasteiger partial charge on any atom is -0.759 e. The molecule has 0 rings (SSSR count). The zero-order valence-corrected chi connectivity index (χ0v) is 20.8. The van der Waals surface area contributed by atoms with E-state index in [0.29, 0.717) is 0 Å². The summed E-state index contributed by atoms with van der Waals surface area (Å²) in [6.45, 7) is 4.58. The molecule has 0 saturated heterocycles. The SMILES string of the molecule is CCCCCCCCCCCCCCCC.O=S(=O)([O-])[O-].[Na+].[Na+]. The summed E-state index contributed by atoms with van der Waals surface area (Å²) in [5, 5.41) is 0. The van der Waals surface area contributed by atoms with E-state index in [4.69, 9.17) is 17.5 Å². The van der Waals surface area contributed by atoms with Crippen LogP contribution in [-0.2, 0) is 10.4 Å². The second-order valence-corrected chi connectivity index (χ2v) is 6.47. The van der Waals surface area contributed by atoms with Crippen LogP contribution >= 0.6 is 0 Å². The Balaban J connectivity index is -0.000000225. The fourth-order valence-corrected chi connectivity index (χ4v) is 2.27. The number of unbranched alkanes of at least 4 members (excludes halogenated alkanes) is 13. The third-order valence-corrected chi connectivity index (χ3v) is 3.46. The summed E-state index contributed by atoms with van der Waals surface area (Å²) in [4.78, 5) is 0. The summed E-state index contributed by atoms with van der Waals surface area (Å²) < 4.78 is 34.1. The van der Waals surface area contributed by atoms with Crippen LogP contribution in [0.1, 0.15) is 104 Å². The molecule has 0 N–H and O–H groups in total. The van der Waals surface area contributed by atoms with Gasteiger partial charge in [0.25, 0.3) is 0 Å². The molecule has 0 heterocycles. The van der Waals surface area contributed by atoms with Crippen LogP contribution in [0.5, 0.6) is 0 Å². The van der Waals surface area contributed by atoms with Crippen molar-refractivity contribution in [2.45, 2.75) is 104 Å². The molecule has 130 valence electrons. The van der Waals surface area contributed by atoms with E-state index in [1.807, 2.05) is 0 Å². The first-order valence-corrected chi connectivity index (χ1v) is 9.91. The summed E-state index contributed by atoms with van der Waals surface area (Å²) in [6, 6.07) is 0. The molecule has 0 aliphatic carbocycles. The third-order valence-electron chi connectivity index (χ3n) is 3.46. The fraction of sp³-hybridized carbons (Fsp3) is 1.00. The van der Waals surface area contributed by atoms with Gasteiger partial charge in [0.05, 0.1) is 0 Å². The molecular weight excluding hydrogens is 334 g/mol. The quantitative estimate of drug-likeness (QED) is 0.184. The first-order chi connectivity index (χ1) is 9.91. The van der Waals surface area contributed by atoms with Crippen molar-refractivity contribution in [1.29, 1.82) is 0 Å². The molecule has 0 aromatic rings. The average molecular weight is 368 g/mol. The Labute approximate surface area is 189 Å². The second-order valence-electron chi connectivity index (χ2n) is 5.65. The maximum absolute atomic E-state index is 8.52. The molecule has 0 atom stereocenters. The fourth-order valence-electron chi connectivity index (χ4n) is 2.27. The molecule has 4 nitrogen and oxygen atoms in total. The normalized spacial score (nSPS) is 10.1. The van der Waals surface area contributed by atoms with Crippen molar-refractivity contribution in [3.8, 4) is 0 Å². The minimum atomic E-state index is -5.17. The third kappa shape index (κ3) is 51.6. The molecule has 0 radical (unpaired) electrons. The number of hydrogen-bond acceptors (Lipinski definition) is 4.